The third kappa shape index (κ3) is 1.06. The van der Waals surface area contributed by atoms with Crippen molar-refractivity contribution in [1.29, 1.82) is 0 Å². The van der Waals surface area contributed by atoms with Crippen LogP contribution in [0.3, 0.4) is 0 Å². The number of hydrogen-bond acceptors (Lipinski definition) is 1. The highest BCUT2D eigenvalue weighted by atomic mass is 32.2. The Labute approximate surface area is 86.9 Å². The monoisotopic (exact) mass is 198 g/mol. The molecule has 2 fully saturated rings. The molecule has 1 saturated heterocycles. The fourth-order valence-electron chi connectivity index (χ4n) is 3.63. The molecule has 0 N–H and O–H groups in total. The van der Waals surface area contributed by atoms with Crippen LogP contribution in [-0.2, 0) is 0 Å². The van der Waals surface area contributed by atoms with Crippen molar-refractivity contribution in [1.82, 2.24) is 0 Å². The van der Waals surface area contributed by atoms with E-state index in [4.69, 9.17) is 0 Å². The summed E-state index contributed by atoms with van der Waals surface area (Å²) in [5, 5.41) is 0.880. The second-order valence-corrected chi connectivity index (χ2v) is 7.56. The highest BCUT2D eigenvalue weighted by molar-refractivity contribution is 8.01. The molecule has 1 saturated carbocycles. The Morgan fingerprint density at radius 3 is 2.23 bits per heavy atom. The van der Waals surface area contributed by atoms with E-state index >= 15 is 0 Å². The maximum atomic E-state index is 2.50. The van der Waals surface area contributed by atoms with Crippen molar-refractivity contribution in [2.75, 3.05) is 0 Å². The molecule has 1 aliphatic carbocycles. The van der Waals surface area contributed by atoms with E-state index in [0.29, 0.717) is 10.2 Å². The quantitative estimate of drug-likeness (QED) is 0.568. The number of thioether (sulfide) groups is 1. The van der Waals surface area contributed by atoms with Crippen LogP contribution in [0.4, 0.5) is 0 Å². The molecule has 2 unspecified atom stereocenters. The van der Waals surface area contributed by atoms with Gasteiger partial charge in [0.1, 0.15) is 0 Å². The maximum absolute atomic E-state index is 2.50. The zero-order valence-electron chi connectivity index (χ0n) is 9.55. The molecule has 0 aromatic heterocycles. The highest BCUT2D eigenvalue weighted by Crippen LogP contribution is 2.66. The minimum Gasteiger partial charge on any atom is -0.151 e. The van der Waals surface area contributed by atoms with Crippen molar-refractivity contribution in [3.05, 3.63) is 0 Å². The van der Waals surface area contributed by atoms with Gasteiger partial charge in [0.05, 0.1) is 0 Å². The van der Waals surface area contributed by atoms with E-state index in [0.717, 1.165) is 17.1 Å². The molecule has 0 spiro atoms. The van der Waals surface area contributed by atoms with Gasteiger partial charge in [-0.3, -0.25) is 0 Å². The van der Waals surface area contributed by atoms with Crippen molar-refractivity contribution < 1.29 is 0 Å². The van der Waals surface area contributed by atoms with Gasteiger partial charge in [0.25, 0.3) is 0 Å². The van der Waals surface area contributed by atoms with Gasteiger partial charge in [0.15, 0.2) is 0 Å². The second-order valence-electron chi connectivity index (χ2n) is 5.74. The molecule has 2 rings (SSSR count). The summed E-state index contributed by atoms with van der Waals surface area (Å²) >= 11 is 2.25. The molecule has 2 aliphatic rings. The smallest absolute Gasteiger partial charge is 0.0214 e. The van der Waals surface area contributed by atoms with Crippen LogP contribution in [0.25, 0.3) is 0 Å². The molecular formula is C12H22S. The van der Waals surface area contributed by atoms with Crippen LogP contribution in [-0.4, -0.2) is 10.00 Å². The van der Waals surface area contributed by atoms with Gasteiger partial charge in [0, 0.05) is 10.00 Å². The minimum atomic E-state index is 0.537. The first-order chi connectivity index (χ1) is 5.89. The minimum absolute atomic E-state index is 0.537. The third-order valence-corrected chi connectivity index (χ3v) is 7.17. The normalized spacial score (nSPS) is 53.8. The lowest BCUT2D eigenvalue weighted by atomic mass is 9.58. The summed E-state index contributed by atoms with van der Waals surface area (Å²) in [5.41, 5.74) is 0.550. The molecule has 2 bridgehead atoms. The summed E-state index contributed by atoms with van der Waals surface area (Å²) in [6.07, 6.45) is 2.90. The first kappa shape index (κ1) is 9.89. The van der Waals surface area contributed by atoms with Crippen LogP contribution in [0.2, 0.25) is 0 Å². The molecule has 4 atom stereocenters. The average molecular weight is 198 g/mol. The molecule has 0 radical (unpaired) electrons. The predicted octanol–water partition coefficient (Wildman–Crippen LogP) is 3.95. The van der Waals surface area contributed by atoms with Crippen molar-refractivity contribution in [2.24, 2.45) is 17.3 Å². The molecule has 0 aromatic carbocycles. The predicted molar refractivity (Wildman–Crippen MR) is 61.1 cm³/mol. The molecule has 0 nitrogen and oxygen atoms in total. The van der Waals surface area contributed by atoms with E-state index in [2.05, 4.69) is 46.4 Å². The fourth-order valence-corrected chi connectivity index (χ4v) is 5.84. The standard InChI is InChI=1S/C12H22S/c1-8-6-7-10-9(2)13-12(8,5)11(10,3)4/h8-10H,6-7H2,1-5H3/t8-,9-,10?,12?/m0/s1. The van der Waals surface area contributed by atoms with Gasteiger partial charge in [0.2, 0.25) is 0 Å². The van der Waals surface area contributed by atoms with Crippen molar-refractivity contribution in [3.63, 3.8) is 0 Å². The van der Waals surface area contributed by atoms with Gasteiger partial charge in [-0.05, 0) is 37.0 Å². The van der Waals surface area contributed by atoms with Crippen LogP contribution in [0.1, 0.15) is 47.5 Å². The Morgan fingerprint density at radius 2 is 1.69 bits per heavy atom. The first-order valence-corrected chi connectivity index (χ1v) is 6.45. The number of fused-ring (bicyclic) bond motifs is 2. The topological polar surface area (TPSA) is 0 Å². The lowest BCUT2D eigenvalue weighted by Gasteiger charge is -2.49. The van der Waals surface area contributed by atoms with Gasteiger partial charge in [-0.25, -0.2) is 0 Å². The van der Waals surface area contributed by atoms with Crippen LogP contribution < -0.4 is 0 Å². The maximum Gasteiger partial charge on any atom is 0.0214 e. The van der Waals surface area contributed by atoms with Crippen LogP contribution in [0.15, 0.2) is 0 Å². The first-order valence-electron chi connectivity index (χ1n) is 5.57. The molecule has 1 heteroatoms. The summed E-state index contributed by atoms with van der Waals surface area (Å²) in [6.45, 7) is 12.4. The van der Waals surface area contributed by atoms with E-state index in [1.807, 2.05) is 0 Å². The van der Waals surface area contributed by atoms with E-state index in [1.165, 1.54) is 12.8 Å². The van der Waals surface area contributed by atoms with Crippen molar-refractivity contribution in [2.45, 2.75) is 57.5 Å². The number of rotatable bonds is 0. The van der Waals surface area contributed by atoms with Crippen molar-refractivity contribution in [3.8, 4) is 0 Å². The Kier molecular flexibility index (Phi) is 2.04. The molecule has 0 amide bonds. The van der Waals surface area contributed by atoms with Crippen molar-refractivity contribution >= 4 is 11.8 Å². The van der Waals surface area contributed by atoms with Crippen LogP contribution in [0, 0.1) is 17.3 Å². The van der Waals surface area contributed by atoms with Crippen LogP contribution >= 0.6 is 11.8 Å². The molecule has 76 valence electrons. The molecule has 13 heavy (non-hydrogen) atoms. The molecule has 1 heterocycles. The van der Waals surface area contributed by atoms with Crippen LogP contribution in [0.5, 0.6) is 0 Å². The summed E-state index contributed by atoms with van der Waals surface area (Å²) < 4.78 is 0.537. The Hall–Kier alpha value is 0.350. The Morgan fingerprint density at radius 1 is 1.08 bits per heavy atom. The zero-order valence-corrected chi connectivity index (χ0v) is 10.4. The zero-order chi connectivity index (χ0) is 9.85. The highest BCUT2D eigenvalue weighted by Gasteiger charge is 2.59. The summed E-state index contributed by atoms with van der Waals surface area (Å²) in [6, 6.07) is 0. The third-order valence-electron chi connectivity index (χ3n) is 5.05. The molecular weight excluding hydrogens is 176 g/mol. The van der Waals surface area contributed by atoms with E-state index in [9.17, 15) is 0 Å². The second kappa shape index (κ2) is 2.68. The van der Waals surface area contributed by atoms with Gasteiger partial charge < -0.3 is 0 Å². The van der Waals surface area contributed by atoms with Gasteiger partial charge >= 0.3 is 0 Å². The van der Waals surface area contributed by atoms with E-state index < -0.39 is 0 Å². The fraction of sp³-hybridized carbons (Fsp3) is 1.00. The van der Waals surface area contributed by atoms with Gasteiger partial charge in [-0.1, -0.05) is 27.7 Å². The van der Waals surface area contributed by atoms with E-state index in [-0.39, 0.29) is 0 Å². The Bertz CT molecular complexity index is 221. The van der Waals surface area contributed by atoms with Gasteiger partial charge in [-0.15, -0.1) is 0 Å². The molecule has 1 aliphatic heterocycles. The van der Waals surface area contributed by atoms with E-state index in [1.54, 1.807) is 0 Å². The SMILES string of the molecule is C[C@@H]1SC2(C)[C@@H](C)CCC1C2(C)C. The summed E-state index contributed by atoms with van der Waals surface area (Å²) in [5.74, 6) is 1.85. The Balaban J connectivity index is 2.40. The average Bonchev–Trinajstić information content (AvgIpc) is 2.13. The lowest BCUT2D eigenvalue weighted by molar-refractivity contribution is 0.0779. The van der Waals surface area contributed by atoms with Gasteiger partial charge in [-0.2, -0.15) is 11.8 Å². The summed E-state index contributed by atoms with van der Waals surface area (Å²) in [4.78, 5) is 0. The number of hydrogen-bond donors (Lipinski definition) is 0. The lowest BCUT2D eigenvalue weighted by Crippen LogP contribution is -2.47. The molecule has 0 aromatic rings. The summed E-state index contributed by atoms with van der Waals surface area (Å²) in [7, 11) is 0. The largest absolute Gasteiger partial charge is 0.151 e.